The molecule has 5 nitrogen and oxygen atoms in total. The van der Waals surface area contributed by atoms with Gasteiger partial charge in [-0.3, -0.25) is 0 Å². The van der Waals surface area contributed by atoms with Gasteiger partial charge < -0.3 is 13.9 Å². The summed E-state index contributed by atoms with van der Waals surface area (Å²) in [5.41, 5.74) is 2.25. The number of hydrogen-bond acceptors (Lipinski definition) is 5. The van der Waals surface area contributed by atoms with E-state index >= 15 is 0 Å². The van der Waals surface area contributed by atoms with Crippen LogP contribution in [0.15, 0.2) is 40.8 Å². The molecule has 28 heavy (non-hydrogen) atoms. The highest BCUT2D eigenvalue weighted by atomic mass is 35.5. The first-order valence-corrected chi connectivity index (χ1v) is 9.96. The predicted octanol–water partition coefficient (Wildman–Crippen LogP) is 5.78. The predicted molar refractivity (Wildman–Crippen MR) is 108 cm³/mol. The summed E-state index contributed by atoms with van der Waals surface area (Å²) in [5, 5.41) is 0.997. The van der Waals surface area contributed by atoms with Crippen molar-refractivity contribution in [2.24, 2.45) is 5.92 Å². The first-order valence-electron chi connectivity index (χ1n) is 9.20. The van der Waals surface area contributed by atoms with Crippen molar-refractivity contribution in [2.75, 3.05) is 19.8 Å². The Bertz CT molecular complexity index is 975. The maximum absolute atomic E-state index is 12.3. The molecule has 0 radical (unpaired) electrons. The van der Waals surface area contributed by atoms with E-state index < -0.39 is 0 Å². The number of aromatic nitrogens is 1. The van der Waals surface area contributed by atoms with Gasteiger partial charge in [0.05, 0.1) is 12.2 Å². The third kappa shape index (κ3) is 4.49. The molecule has 0 aliphatic carbocycles. The Morgan fingerprint density at radius 1 is 1.18 bits per heavy atom. The maximum atomic E-state index is 12.3. The second-order valence-electron chi connectivity index (χ2n) is 6.87. The number of hydrogen-bond donors (Lipinski definition) is 0. The Kier molecular flexibility index (Phi) is 5.85. The standard InChI is InChI=1S/C21H19Cl2NO4/c22-16-8-15(9-17(23)11-16)20-24-18-4-3-14(10-19(18)28-20)21(25)27-6-1-2-13-5-7-26-12-13/h3-4,8-11,13H,1-2,5-7,12H2. The fourth-order valence-corrected chi connectivity index (χ4v) is 3.81. The highest BCUT2D eigenvalue weighted by molar-refractivity contribution is 6.35. The number of halogens is 2. The van der Waals surface area contributed by atoms with E-state index in [2.05, 4.69) is 4.98 Å². The monoisotopic (exact) mass is 419 g/mol. The summed E-state index contributed by atoms with van der Waals surface area (Å²) in [6.07, 6.45) is 2.94. The van der Waals surface area contributed by atoms with E-state index in [1.165, 1.54) is 0 Å². The van der Waals surface area contributed by atoms with E-state index in [1.54, 1.807) is 36.4 Å². The third-order valence-electron chi connectivity index (χ3n) is 4.75. The van der Waals surface area contributed by atoms with Crippen molar-refractivity contribution in [2.45, 2.75) is 19.3 Å². The van der Waals surface area contributed by atoms with Crippen molar-refractivity contribution in [1.29, 1.82) is 0 Å². The molecule has 0 bridgehead atoms. The van der Waals surface area contributed by atoms with E-state index in [4.69, 9.17) is 37.1 Å². The molecule has 1 atom stereocenters. The van der Waals surface area contributed by atoms with Crippen LogP contribution >= 0.6 is 23.2 Å². The van der Waals surface area contributed by atoms with Gasteiger partial charge >= 0.3 is 5.97 Å². The van der Waals surface area contributed by atoms with Gasteiger partial charge in [-0.15, -0.1) is 0 Å². The zero-order valence-corrected chi connectivity index (χ0v) is 16.6. The van der Waals surface area contributed by atoms with Gasteiger partial charge in [-0.05, 0) is 61.6 Å². The number of nitrogens with zero attached hydrogens (tertiary/aromatic N) is 1. The molecular formula is C21H19Cl2NO4. The van der Waals surface area contributed by atoms with Gasteiger partial charge in [0.2, 0.25) is 5.89 Å². The quantitative estimate of drug-likeness (QED) is 0.374. The summed E-state index contributed by atoms with van der Waals surface area (Å²) in [6.45, 7) is 2.05. The molecule has 146 valence electrons. The van der Waals surface area contributed by atoms with Gasteiger partial charge in [0.25, 0.3) is 0 Å². The molecule has 2 heterocycles. The number of rotatable bonds is 6. The Morgan fingerprint density at radius 3 is 2.75 bits per heavy atom. The van der Waals surface area contributed by atoms with Crippen LogP contribution in [0.4, 0.5) is 0 Å². The summed E-state index contributed by atoms with van der Waals surface area (Å²) >= 11 is 12.1. The van der Waals surface area contributed by atoms with Crippen LogP contribution in [0.25, 0.3) is 22.6 Å². The molecule has 1 aromatic heterocycles. The number of fused-ring (bicyclic) bond motifs is 1. The van der Waals surface area contributed by atoms with Crippen molar-refractivity contribution in [3.05, 3.63) is 52.0 Å². The van der Waals surface area contributed by atoms with Crippen LogP contribution in [-0.2, 0) is 9.47 Å². The van der Waals surface area contributed by atoms with Crippen molar-refractivity contribution >= 4 is 40.3 Å². The maximum Gasteiger partial charge on any atom is 0.338 e. The summed E-state index contributed by atoms with van der Waals surface area (Å²) in [7, 11) is 0. The van der Waals surface area contributed by atoms with Crippen LogP contribution in [0.1, 0.15) is 29.6 Å². The highest BCUT2D eigenvalue weighted by Gasteiger charge is 2.16. The lowest BCUT2D eigenvalue weighted by molar-refractivity contribution is 0.0493. The molecule has 3 aromatic rings. The molecule has 0 amide bonds. The Hall–Kier alpha value is -2.08. The molecule has 4 rings (SSSR count). The fourth-order valence-electron chi connectivity index (χ4n) is 3.28. The van der Waals surface area contributed by atoms with Gasteiger partial charge in [0.15, 0.2) is 5.58 Å². The molecule has 1 aliphatic heterocycles. The molecule has 1 aliphatic rings. The van der Waals surface area contributed by atoms with Gasteiger partial charge in [-0.1, -0.05) is 23.2 Å². The second-order valence-corrected chi connectivity index (χ2v) is 7.74. The first-order chi connectivity index (χ1) is 13.6. The van der Waals surface area contributed by atoms with Crippen molar-refractivity contribution in [3.8, 4) is 11.5 Å². The average Bonchev–Trinajstić information content (AvgIpc) is 3.33. The zero-order valence-electron chi connectivity index (χ0n) is 15.1. The van der Waals surface area contributed by atoms with Crippen molar-refractivity contribution in [1.82, 2.24) is 4.98 Å². The van der Waals surface area contributed by atoms with Crippen molar-refractivity contribution < 1.29 is 18.7 Å². The lowest BCUT2D eigenvalue weighted by atomic mass is 10.0. The normalized spacial score (nSPS) is 16.6. The minimum Gasteiger partial charge on any atom is -0.462 e. The Morgan fingerprint density at radius 2 is 2.00 bits per heavy atom. The minimum absolute atomic E-state index is 0.367. The van der Waals surface area contributed by atoms with Crippen LogP contribution in [0.2, 0.25) is 10.0 Å². The number of oxazole rings is 1. The van der Waals surface area contributed by atoms with Crippen LogP contribution in [-0.4, -0.2) is 30.8 Å². The van der Waals surface area contributed by atoms with Crippen LogP contribution in [0.5, 0.6) is 0 Å². The zero-order chi connectivity index (χ0) is 19.5. The fraction of sp³-hybridized carbons (Fsp3) is 0.333. The SMILES string of the molecule is O=C(OCCCC1CCOC1)c1ccc2nc(-c3cc(Cl)cc(Cl)c3)oc2c1. The summed E-state index contributed by atoms with van der Waals surface area (Å²) < 4.78 is 16.5. The van der Waals surface area contributed by atoms with Gasteiger partial charge in [-0.25, -0.2) is 9.78 Å². The van der Waals surface area contributed by atoms with Crippen LogP contribution in [0.3, 0.4) is 0 Å². The average molecular weight is 420 g/mol. The second kappa shape index (κ2) is 8.52. The van der Waals surface area contributed by atoms with E-state index in [9.17, 15) is 4.79 Å². The van der Waals surface area contributed by atoms with Gasteiger partial charge in [0, 0.05) is 28.8 Å². The molecule has 1 saturated heterocycles. The summed E-state index contributed by atoms with van der Waals surface area (Å²) in [4.78, 5) is 16.7. The van der Waals surface area contributed by atoms with Gasteiger partial charge in [0.1, 0.15) is 5.52 Å². The van der Waals surface area contributed by atoms with E-state index in [1.807, 2.05) is 0 Å². The topological polar surface area (TPSA) is 61.6 Å². The number of carbonyl (C=O) groups is 1. The lowest BCUT2D eigenvalue weighted by Gasteiger charge is -2.08. The number of ether oxygens (including phenoxy) is 2. The Balaban J connectivity index is 1.43. The van der Waals surface area contributed by atoms with E-state index in [-0.39, 0.29) is 5.97 Å². The minimum atomic E-state index is -0.367. The largest absolute Gasteiger partial charge is 0.462 e. The molecule has 2 aromatic carbocycles. The third-order valence-corrected chi connectivity index (χ3v) is 5.18. The lowest BCUT2D eigenvalue weighted by Crippen LogP contribution is -2.08. The smallest absolute Gasteiger partial charge is 0.338 e. The van der Waals surface area contributed by atoms with Gasteiger partial charge in [-0.2, -0.15) is 0 Å². The molecule has 0 spiro atoms. The number of benzene rings is 2. The molecule has 1 fully saturated rings. The Labute approximate surface area is 172 Å². The number of esters is 1. The number of carbonyl (C=O) groups excluding carboxylic acids is 1. The van der Waals surface area contributed by atoms with Crippen LogP contribution < -0.4 is 0 Å². The summed E-state index contributed by atoms with van der Waals surface area (Å²) in [6, 6.07) is 10.2. The first kappa shape index (κ1) is 19.2. The highest BCUT2D eigenvalue weighted by Crippen LogP contribution is 2.29. The van der Waals surface area contributed by atoms with Crippen molar-refractivity contribution in [3.63, 3.8) is 0 Å². The molecule has 7 heteroatoms. The molecule has 0 N–H and O–H groups in total. The summed E-state index contributed by atoms with van der Waals surface area (Å²) in [5.74, 6) is 0.611. The van der Waals surface area contributed by atoms with E-state index in [0.29, 0.717) is 50.7 Å². The molecule has 0 saturated carbocycles. The molecular weight excluding hydrogens is 401 g/mol. The van der Waals surface area contributed by atoms with E-state index in [0.717, 1.165) is 32.5 Å². The molecule has 1 unspecified atom stereocenters. The van der Waals surface area contributed by atoms with Crippen LogP contribution in [0, 0.1) is 5.92 Å².